The van der Waals surface area contributed by atoms with E-state index in [0.717, 1.165) is 29.2 Å². The van der Waals surface area contributed by atoms with Gasteiger partial charge in [0.2, 0.25) is 0 Å². The lowest BCUT2D eigenvalue weighted by Gasteiger charge is -2.30. The fraction of sp³-hybridized carbons (Fsp3) is 0.300. The molecule has 3 rings (SSSR count). The van der Waals surface area contributed by atoms with Crippen LogP contribution in [0, 0.1) is 0 Å². The van der Waals surface area contributed by atoms with E-state index in [4.69, 9.17) is 22.7 Å². The van der Waals surface area contributed by atoms with Crippen molar-refractivity contribution in [2.45, 2.75) is 25.4 Å². The van der Waals surface area contributed by atoms with Crippen LogP contribution < -0.4 is 21.1 Å². The monoisotopic (exact) mass is 400 g/mol. The molecule has 1 aliphatic rings. The molecule has 0 aliphatic carbocycles. The molecule has 0 spiro atoms. The molecule has 1 unspecified atom stereocenters. The van der Waals surface area contributed by atoms with Gasteiger partial charge >= 0.3 is 0 Å². The van der Waals surface area contributed by atoms with Gasteiger partial charge in [0, 0.05) is 18.0 Å². The van der Waals surface area contributed by atoms with E-state index in [9.17, 15) is 0 Å². The number of methoxy groups -OCH3 is 1. The van der Waals surface area contributed by atoms with E-state index in [2.05, 4.69) is 46.8 Å². The molecule has 1 aliphatic heterocycles. The fourth-order valence-corrected chi connectivity index (χ4v) is 4.11. The number of nitrogens with zero attached hydrogens (tertiary/aromatic N) is 1. The number of benzene rings is 2. The van der Waals surface area contributed by atoms with Crippen LogP contribution >= 0.6 is 24.0 Å². The predicted octanol–water partition coefficient (Wildman–Crippen LogP) is 3.85. The molecule has 5 nitrogen and oxygen atoms in total. The van der Waals surface area contributed by atoms with E-state index in [-0.39, 0.29) is 5.54 Å². The highest BCUT2D eigenvalue weighted by Gasteiger charge is 2.29. The summed E-state index contributed by atoms with van der Waals surface area (Å²) in [5.41, 5.74) is 8.93. The Hall–Kier alpha value is -2.25. The number of hydrogen-bond donors (Lipinski definition) is 3. The normalized spacial score (nSPS) is 19.1. The molecule has 1 heterocycles. The van der Waals surface area contributed by atoms with Crippen molar-refractivity contribution in [2.24, 2.45) is 10.7 Å². The smallest absolute Gasteiger partial charge is 0.171 e. The first-order chi connectivity index (χ1) is 13.0. The molecule has 0 bridgehead atoms. The highest BCUT2D eigenvalue weighted by Crippen LogP contribution is 2.35. The van der Waals surface area contributed by atoms with Crippen LogP contribution in [-0.4, -0.2) is 23.1 Å². The van der Waals surface area contributed by atoms with Crippen molar-refractivity contribution in [1.29, 1.82) is 0 Å². The van der Waals surface area contributed by atoms with E-state index in [1.807, 2.05) is 24.3 Å². The van der Waals surface area contributed by atoms with Gasteiger partial charge in [0.05, 0.1) is 12.6 Å². The van der Waals surface area contributed by atoms with Crippen molar-refractivity contribution >= 4 is 39.9 Å². The summed E-state index contributed by atoms with van der Waals surface area (Å²) in [6.07, 6.45) is 0.979. The van der Waals surface area contributed by atoms with Gasteiger partial charge in [-0.15, -0.1) is 0 Å². The van der Waals surface area contributed by atoms with Gasteiger partial charge in [-0.3, -0.25) is 4.99 Å². The summed E-state index contributed by atoms with van der Waals surface area (Å²) in [6, 6.07) is 16.1. The molecular formula is C20H24N4OS2. The number of thioether (sulfide) groups is 1. The van der Waals surface area contributed by atoms with Gasteiger partial charge in [0.25, 0.3) is 0 Å². The lowest BCUT2D eigenvalue weighted by atomic mass is 9.89. The molecule has 0 saturated carbocycles. The molecule has 0 amide bonds. The minimum absolute atomic E-state index is 0.257. The first-order valence-corrected chi connectivity index (χ1v) is 10.1. The molecule has 4 N–H and O–H groups in total. The minimum Gasteiger partial charge on any atom is -0.497 e. The van der Waals surface area contributed by atoms with Gasteiger partial charge in [-0.05, 0) is 61.0 Å². The second kappa shape index (κ2) is 8.63. The number of amidine groups is 1. The maximum Gasteiger partial charge on any atom is 0.171 e. The molecular weight excluding hydrogens is 376 g/mol. The molecule has 27 heavy (non-hydrogen) atoms. The predicted molar refractivity (Wildman–Crippen MR) is 119 cm³/mol. The number of rotatable bonds is 5. The van der Waals surface area contributed by atoms with Crippen LogP contribution in [0.15, 0.2) is 53.5 Å². The number of hydrogen-bond acceptors (Lipinski definition) is 5. The number of aliphatic imine (C=N–C) groups is 1. The number of nitrogens with one attached hydrogen (secondary N) is 2. The van der Waals surface area contributed by atoms with Crippen LogP contribution in [-0.2, 0) is 12.1 Å². The Balaban J connectivity index is 1.61. The SMILES string of the molecule is COc1ccc(NC(=S)NCc2cccc(C3(C)CCSC(N)=N3)c2)cc1. The third-order valence-electron chi connectivity index (χ3n) is 4.55. The molecule has 2 aromatic carbocycles. The third kappa shape index (κ3) is 5.14. The minimum atomic E-state index is -0.257. The third-order valence-corrected chi connectivity index (χ3v) is 5.59. The largest absolute Gasteiger partial charge is 0.497 e. The zero-order chi connectivity index (χ0) is 19.3. The highest BCUT2D eigenvalue weighted by atomic mass is 32.2. The molecule has 2 aromatic rings. The summed E-state index contributed by atoms with van der Waals surface area (Å²) in [5.74, 6) is 1.80. The Morgan fingerprint density at radius 1 is 1.30 bits per heavy atom. The van der Waals surface area contributed by atoms with E-state index in [1.54, 1.807) is 18.9 Å². The van der Waals surface area contributed by atoms with Crippen molar-refractivity contribution in [3.8, 4) is 5.75 Å². The number of thiocarbonyl (C=S) groups is 1. The zero-order valence-electron chi connectivity index (χ0n) is 15.5. The van der Waals surface area contributed by atoms with E-state index < -0.39 is 0 Å². The first-order valence-electron chi connectivity index (χ1n) is 8.75. The van der Waals surface area contributed by atoms with Crippen molar-refractivity contribution < 1.29 is 4.74 Å². The van der Waals surface area contributed by atoms with Gasteiger partial charge in [0.15, 0.2) is 10.3 Å². The first kappa shape index (κ1) is 19.5. The molecule has 1 atom stereocenters. The standard InChI is InChI=1S/C20H24N4OS2/c1-20(10-11-27-18(21)24-20)15-5-3-4-14(12-15)13-22-19(26)23-16-6-8-17(25-2)9-7-16/h3-9,12H,10-11,13H2,1-2H3,(H2,21,24)(H2,22,23,26). The van der Waals surface area contributed by atoms with Crippen LogP contribution in [0.3, 0.4) is 0 Å². The molecule has 0 fully saturated rings. The fourth-order valence-electron chi connectivity index (χ4n) is 2.94. The number of ether oxygens (including phenoxy) is 1. The van der Waals surface area contributed by atoms with Gasteiger partial charge in [0.1, 0.15) is 5.75 Å². The Morgan fingerprint density at radius 2 is 2.07 bits per heavy atom. The average Bonchev–Trinajstić information content (AvgIpc) is 2.67. The maximum absolute atomic E-state index is 5.94. The Labute approximate surface area is 169 Å². The van der Waals surface area contributed by atoms with Crippen molar-refractivity contribution in [1.82, 2.24) is 5.32 Å². The lowest BCUT2D eigenvalue weighted by molar-refractivity contribution is 0.415. The van der Waals surface area contributed by atoms with Gasteiger partial charge < -0.3 is 21.1 Å². The van der Waals surface area contributed by atoms with Crippen LogP contribution in [0.1, 0.15) is 24.5 Å². The number of anilines is 1. The second-order valence-corrected chi connectivity index (χ2v) is 8.08. The van der Waals surface area contributed by atoms with Crippen LogP contribution in [0.2, 0.25) is 0 Å². The van der Waals surface area contributed by atoms with Gasteiger partial charge in [-0.1, -0.05) is 36.0 Å². The summed E-state index contributed by atoms with van der Waals surface area (Å²) in [5, 5.41) is 7.67. The summed E-state index contributed by atoms with van der Waals surface area (Å²) < 4.78 is 5.16. The zero-order valence-corrected chi connectivity index (χ0v) is 17.1. The van der Waals surface area contributed by atoms with Crippen molar-refractivity contribution in [3.05, 3.63) is 59.7 Å². The van der Waals surface area contributed by atoms with E-state index in [0.29, 0.717) is 16.8 Å². The van der Waals surface area contributed by atoms with Crippen molar-refractivity contribution in [3.63, 3.8) is 0 Å². The highest BCUT2D eigenvalue weighted by molar-refractivity contribution is 8.13. The summed E-state index contributed by atoms with van der Waals surface area (Å²) in [6.45, 7) is 2.78. The summed E-state index contributed by atoms with van der Waals surface area (Å²) >= 11 is 7.02. The van der Waals surface area contributed by atoms with Crippen LogP contribution in [0.4, 0.5) is 5.69 Å². The van der Waals surface area contributed by atoms with Crippen LogP contribution in [0.25, 0.3) is 0 Å². The molecule has 0 aromatic heterocycles. The van der Waals surface area contributed by atoms with Gasteiger partial charge in [-0.2, -0.15) is 0 Å². The van der Waals surface area contributed by atoms with Crippen LogP contribution in [0.5, 0.6) is 5.75 Å². The molecule has 7 heteroatoms. The molecule has 0 saturated heterocycles. The summed E-state index contributed by atoms with van der Waals surface area (Å²) in [7, 11) is 1.65. The Kier molecular flexibility index (Phi) is 6.23. The molecule has 0 radical (unpaired) electrons. The topological polar surface area (TPSA) is 71.7 Å². The van der Waals surface area contributed by atoms with E-state index >= 15 is 0 Å². The van der Waals surface area contributed by atoms with Crippen molar-refractivity contribution in [2.75, 3.05) is 18.2 Å². The number of nitrogens with two attached hydrogens (primary N) is 1. The molecule has 142 valence electrons. The Bertz CT molecular complexity index is 838. The summed E-state index contributed by atoms with van der Waals surface area (Å²) in [4.78, 5) is 4.68. The maximum atomic E-state index is 5.94. The average molecular weight is 401 g/mol. The lowest BCUT2D eigenvalue weighted by Crippen LogP contribution is -2.30. The van der Waals surface area contributed by atoms with E-state index in [1.165, 1.54) is 5.56 Å². The Morgan fingerprint density at radius 3 is 2.78 bits per heavy atom. The quantitative estimate of drug-likeness (QED) is 0.662. The second-order valence-electron chi connectivity index (χ2n) is 6.56. The van der Waals surface area contributed by atoms with Gasteiger partial charge in [-0.25, -0.2) is 0 Å².